The summed E-state index contributed by atoms with van der Waals surface area (Å²) in [5.41, 5.74) is 2.38. The number of rotatable bonds is 11. The molecule has 2 unspecified atom stereocenters. The molecule has 37 heavy (non-hydrogen) atoms. The highest BCUT2D eigenvalue weighted by molar-refractivity contribution is 7.54. The standard InChI is InChI=1S/C23H31FN3O9P/c1-14(2)34-20(30)15(3)12-37(32,36-16-7-5-4-6-8-16)33-11-17-19(29)23(25,13-24)21(35-17)27-10-9-18(28)26-22(27)31/h4-10,14-15,17,19,21,29H,11-13,25H2,1-3H3,(H,26,28,31)/t15-,17-,19+,21-,23?,37?/m1/s1. The van der Waals surface area contributed by atoms with E-state index >= 15 is 0 Å². The third kappa shape index (κ3) is 6.74. The number of carbonyl (C=O) groups is 1. The van der Waals surface area contributed by atoms with Gasteiger partial charge in [-0.25, -0.2) is 13.8 Å². The Morgan fingerprint density at radius 2 is 1.95 bits per heavy atom. The van der Waals surface area contributed by atoms with Crippen molar-refractivity contribution in [1.29, 1.82) is 0 Å². The van der Waals surface area contributed by atoms with E-state index < -0.39 is 68.0 Å². The predicted octanol–water partition coefficient (Wildman–Crippen LogP) is 1.34. The number of aromatic amines is 1. The summed E-state index contributed by atoms with van der Waals surface area (Å²) >= 11 is 0. The van der Waals surface area contributed by atoms with Crippen LogP contribution in [0.5, 0.6) is 5.75 Å². The van der Waals surface area contributed by atoms with Crippen molar-refractivity contribution in [3.05, 3.63) is 63.4 Å². The summed E-state index contributed by atoms with van der Waals surface area (Å²) in [5, 5.41) is 10.8. The summed E-state index contributed by atoms with van der Waals surface area (Å²) in [4.78, 5) is 38.0. The molecule has 1 saturated heterocycles. The van der Waals surface area contributed by atoms with E-state index in [4.69, 9.17) is 24.3 Å². The van der Waals surface area contributed by atoms with Crippen LogP contribution in [0.25, 0.3) is 0 Å². The first kappa shape index (κ1) is 28.7. The van der Waals surface area contributed by atoms with Crippen molar-refractivity contribution < 1.29 is 37.4 Å². The number of H-pyrrole nitrogens is 1. The molecule has 1 aromatic heterocycles. The number of benzene rings is 1. The quantitative estimate of drug-likeness (QED) is 0.277. The fraction of sp³-hybridized carbons (Fsp3) is 0.522. The Labute approximate surface area is 212 Å². The number of para-hydroxylation sites is 1. The molecule has 0 spiro atoms. The van der Waals surface area contributed by atoms with Gasteiger partial charge in [0, 0.05) is 12.3 Å². The van der Waals surface area contributed by atoms with Crippen LogP contribution in [-0.4, -0.2) is 63.9 Å². The van der Waals surface area contributed by atoms with Crippen molar-refractivity contribution in [2.24, 2.45) is 11.7 Å². The van der Waals surface area contributed by atoms with Crippen molar-refractivity contribution in [1.82, 2.24) is 9.55 Å². The maximum Gasteiger partial charge on any atom is 0.380 e. The van der Waals surface area contributed by atoms with E-state index in [0.717, 1.165) is 16.8 Å². The molecule has 204 valence electrons. The van der Waals surface area contributed by atoms with E-state index in [1.54, 1.807) is 44.2 Å². The second-order valence-corrected chi connectivity index (χ2v) is 11.1. The average molecular weight is 543 g/mol. The number of alkyl halides is 1. The smallest absolute Gasteiger partial charge is 0.380 e. The van der Waals surface area contributed by atoms with Crippen molar-refractivity contribution in [2.75, 3.05) is 19.4 Å². The Morgan fingerprint density at radius 3 is 2.54 bits per heavy atom. The van der Waals surface area contributed by atoms with E-state index in [1.807, 2.05) is 4.98 Å². The normalized spacial score (nSPS) is 26.0. The van der Waals surface area contributed by atoms with Gasteiger partial charge in [-0.05, 0) is 26.0 Å². The molecule has 1 aliphatic rings. The number of nitrogens with zero attached hydrogens (tertiary/aromatic N) is 1. The van der Waals surface area contributed by atoms with Gasteiger partial charge in [-0.3, -0.25) is 23.7 Å². The van der Waals surface area contributed by atoms with Crippen molar-refractivity contribution in [3.63, 3.8) is 0 Å². The van der Waals surface area contributed by atoms with Crippen LogP contribution in [-0.2, 0) is 23.4 Å². The molecule has 3 rings (SSSR count). The third-order valence-corrected chi connectivity index (χ3v) is 7.70. The number of ether oxygens (including phenoxy) is 2. The lowest BCUT2D eigenvalue weighted by Crippen LogP contribution is -2.57. The topological polar surface area (TPSA) is 172 Å². The Balaban J connectivity index is 1.83. The first-order chi connectivity index (χ1) is 17.4. The lowest BCUT2D eigenvalue weighted by Gasteiger charge is -2.30. The maximum absolute atomic E-state index is 14.1. The second-order valence-electron chi connectivity index (χ2n) is 9.12. The monoisotopic (exact) mass is 543 g/mol. The van der Waals surface area contributed by atoms with Crippen molar-refractivity contribution >= 4 is 13.6 Å². The van der Waals surface area contributed by atoms with Gasteiger partial charge < -0.3 is 24.8 Å². The summed E-state index contributed by atoms with van der Waals surface area (Å²) < 4.78 is 50.7. The summed E-state index contributed by atoms with van der Waals surface area (Å²) in [6, 6.07) is 9.12. The van der Waals surface area contributed by atoms with Crippen LogP contribution in [0.1, 0.15) is 27.0 Å². The molecule has 6 atom stereocenters. The molecule has 0 aliphatic carbocycles. The molecule has 1 aromatic carbocycles. The zero-order valence-corrected chi connectivity index (χ0v) is 21.5. The number of aliphatic hydroxyl groups is 1. The highest BCUT2D eigenvalue weighted by Crippen LogP contribution is 2.51. The average Bonchev–Trinajstić information content (AvgIpc) is 3.08. The minimum absolute atomic E-state index is 0.206. The second kappa shape index (κ2) is 11.7. The highest BCUT2D eigenvalue weighted by atomic mass is 31.2. The fourth-order valence-electron chi connectivity index (χ4n) is 3.77. The van der Waals surface area contributed by atoms with E-state index in [0.29, 0.717) is 0 Å². The molecule has 14 heteroatoms. The molecule has 2 heterocycles. The molecular formula is C23H31FN3O9P. The van der Waals surface area contributed by atoms with E-state index in [2.05, 4.69) is 0 Å². The summed E-state index contributed by atoms with van der Waals surface area (Å²) in [6.07, 6.45) is -4.25. The molecule has 0 radical (unpaired) electrons. The Bertz CT molecular complexity index is 1240. The number of carbonyl (C=O) groups excluding carboxylic acids is 1. The Kier molecular flexibility index (Phi) is 9.09. The molecule has 2 aromatic rings. The molecule has 4 N–H and O–H groups in total. The Morgan fingerprint density at radius 1 is 1.27 bits per heavy atom. The predicted molar refractivity (Wildman–Crippen MR) is 130 cm³/mol. The van der Waals surface area contributed by atoms with Crippen LogP contribution < -0.4 is 21.5 Å². The van der Waals surface area contributed by atoms with E-state index in [-0.39, 0.29) is 18.0 Å². The third-order valence-electron chi connectivity index (χ3n) is 5.68. The minimum atomic E-state index is -4.07. The molecule has 0 bridgehead atoms. The maximum atomic E-state index is 14.1. The van der Waals surface area contributed by atoms with Crippen LogP contribution >= 0.6 is 7.60 Å². The van der Waals surface area contributed by atoms with Crippen LogP contribution in [0.4, 0.5) is 4.39 Å². The van der Waals surface area contributed by atoms with Crippen LogP contribution in [0.3, 0.4) is 0 Å². The van der Waals surface area contributed by atoms with Crippen molar-refractivity contribution in [3.8, 4) is 5.75 Å². The molecule has 12 nitrogen and oxygen atoms in total. The molecular weight excluding hydrogens is 512 g/mol. The van der Waals surface area contributed by atoms with Gasteiger partial charge in [-0.2, -0.15) is 0 Å². The molecule has 0 saturated carbocycles. The fourth-order valence-corrected chi connectivity index (χ4v) is 5.64. The van der Waals surface area contributed by atoms with Crippen molar-refractivity contribution in [2.45, 2.75) is 50.8 Å². The molecule has 1 aliphatic heterocycles. The molecule has 1 fully saturated rings. The number of nitrogens with two attached hydrogens (primary N) is 1. The van der Waals surface area contributed by atoms with Crippen LogP contribution in [0.15, 0.2) is 52.2 Å². The number of aromatic nitrogens is 2. The van der Waals surface area contributed by atoms with E-state index in [1.165, 1.54) is 6.92 Å². The van der Waals surface area contributed by atoms with Gasteiger partial charge in [0.1, 0.15) is 30.2 Å². The number of hydrogen-bond acceptors (Lipinski definition) is 10. The van der Waals surface area contributed by atoms with Crippen LogP contribution in [0.2, 0.25) is 0 Å². The van der Waals surface area contributed by atoms with Gasteiger partial charge in [-0.15, -0.1) is 0 Å². The highest BCUT2D eigenvalue weighted by Gasteiger charge is 2.56. The zero-order chi connectivity index (χ0) is 27.4. The van der Waals surface area contributed by atoms with E-state index in [9.17, 15) is 28.4 Å². The largest absolute Gasteiger partial charge is 0.463 e. The van der Waals surface area contributed by atoms with Gasteiger partial charge in [0.15, 0.2) is 6.23 Å². The minimum Gasteiger partial charge on any atom is -0.463 e. The lowest BCUT2D eigenvalue weighted by atomic mass is 9.92. The first-order valence-corrected chi connectivity index (χ1v) is 13.3. The number of halogens is 1. The van der Waals surface area contributed by atoms with Gasteiger partial charge in [-0.1, -0.05) is 25.1 Å². The summed E-state index contributed by atoms with van der Waals surface area (Å²) in [5.74, 6) is -1.28. The lowest BCUT2D eigenvalue weighted by molar-refractivity contribution is -0.151. The summed E-state index contributed by atoms with van der Waals surface area (Å²) in [7, 11) is -4.07. The zero-order valence-electron chi connectivity index (χ0n) is 20.6. The van der Waals surface area contributed by atoms with Gasteiger partial charge in [0.2, 0.25) is 0 Å². The molecule has 0 amide bonds. The summed E-state index contributed by atoms with van der Waals surface area (Å²) in [6.45, 7) is 2.98. The number of aliphatic hydroxyl groups excluding tert-OH is 1. The van der Waals surface area contributed by atoms with Gasteiger partial charge in [0.25, 0.3) is 5.56 Å². The number of esters is 1. The van der Waals surface area contributed by atoms with Crippen LogP contribution in [0, 0.1) is 5.92 Å². The van der Waals surface area contributed by atoms with Gasteiger partial charge >= 0.3 is 19.3 Å². The first-order valence-electron chi connectivity index (χ1n) is 11.6. The number of hydrogen-bond donors (Lipinski definition) is 3. The SMILES string of the molecule is CC(C)OC(=O)[C@H](C)CP(=O)(OC[C@H]1O[C@@H](n2ccc(=O)[nH]c2=O)C(N)(CF)[C@H]1O)Oc1ccccc1. The number of nitrogens with one attached hydrogen (secondary N) is 1. The van der Waals surface area contributed by atoms with Gasteiger partial charge in [0.05, 0.1) is 24.8 Å². The Hall–Kier alpha value is -2.83.